The van der Waals surface area contributed by atoms with Crippen LogP contribution in [0.4, 0.5) is 0 Å². The number of likely N-dealkylation sites (tertiary alicyclic amines) is 1. The van der Waals surface area contributed by atoms with Crippen LogP contribution in [-0.2, 0) is 11.8 Å². The normalized spacial score (nSPS) is 22.4. The third kappa shape index (κ3) is 5.61. The minimum Gasteiger partial charge on any atom is -0.490 e. The van der Waals surface area contributed by atoms with E-state index in [0.717, 1.165) is 5.56 Å². The van der Waals surface area contributed by atoms with Gasteiger partial charge in [0.25, 0.3) is 11.8 Å². The second-order valence-electron chi connectivity index (χ2n) is 11.6. The smallest absolute Gasteiger partial charge is 0.276 e. The molecule has 6 heterocycles. The zero-order valence-electron chi connectivity index (χ0n) is 24.3. The highest BCUT2D eigenvalue weighted by molar-refractivity contribution is 5.94. The van der Waals surface area contributed by atoms with E-state index in [1.54, 1.807) is 29.8 Å². The maximum absolute atomic E-state index is 13.4. The Bertz CT molecular complexity index is 1610. The van der Waals surface area contributed by atoms with Crippen LogP contribution in [0.1, 0.15) is 57.4 Å². The van der Waals surface area contributed by atoms with Crippen LogP contribution in [0, 0.1) is 12.3 Å². The molecule has 3 amide bonds. The Hall–Kier alpha value is -4.61. The standard InChI is InChI=1S/C31H35N5O7/c1-20-14-24(33-43-20)30(40)36-16-23-22-6-3-7-25-28(22)42-19-31(23,18-36)17-32-26(37)8-4-11-35(12-5-13-41-25)29(39)21-9-10-27(38)34(2)15-21/h3,6-7,9-10,14-15,23H,4-5,8,11-13,16-19H2,1-2H3,(H,32,37)/t23-,31+/m0/s1. The summed E-state index contributed by atoms with van der Waals surface area (Å²) in [5.41, 5.74) is 0.859. The topological polar surface area (TPSA) is 136 Å². The number of hydrogen-bond donors (Lipinski definition) is 1. The van der Waals surface area contributed by atoms with Crippen molar-refractivity contribution in [1.29, 1.82) is 0 Å². The molecule has 0 saturated carbocycles. The van der Waals surface area contributed by atoms with Crippen LogP contribution >= 0.6 is 0 Å². The van der Waals surface area contributed by atoms with Crippen LogP contribution in [0.3, 0.4) is 0 Å². The molecule has 7 rings (SSSR count). The van der Waals surface area contributed by atoms with Crippen molar-refractivity contribution in [3.05, 3.63) is 75.5 Å². The molecule has 1 fully saturated rings. The number of ether oxygens (including phenoxy) is 2. The van der Waals surface area contributed by atoms with E-state index in [2.05, 4.69) is 10.5 Å². The van der Waals surface area contributed by atoms with Crippen molar-refractivity contribution in [3.63, 3.8) is 0 Å². The fraction of sp³-hybridized carbons (Fsp3) is 0.452. The Kier molecular flexibility index (Phi) is 7.68. The summed E-state index contributed by atoms with van der Waals surface area (Å²) in [6.45, 7) is 4.36. The van der Waals surface area contributed by atoms with Gasteiger partial charge in [0, 0.05) is 81.4 Å². The van der Waals surface area contributed by atoms with E-state index in [1.807, 2.05) is 18.2 Å². The number of hydrogen-bond acceptors (Lipinski definition) is 8. The van der Waals surface area contributed by atoms with Gasteiger partial charge in [-0.25, -0.2) is 0 Å². The number of carbonyl (C=O) groups excluding carboxylic acids is 3. The van der Waals surface area contributed by atoms with Gasteiger partial charge < -0.3 is 33.7 Å². The number of amides is 3. The molecule has 1 saturated heterocycles. The van der Waals surface area contributed by atoms with Crippen molar-refractivity contribution in [2.24, 2.45) is 12.5 Å². The molecule has 0 aliphatic carbocycles. The number of carbonyl (C=O) groups is 3. The van der Waals surface area contributed by atoms with E-state index in [0.29, 0.717) is 81.6 Å². The van der Waals surface area contributed by atoms with Gasteiger partial charge in [-0.2, -0.15) is 0 Å². The van der Waals surface area contributed by atoms with Crippen LogP contribution in [0.2, 0.25) is 0 Å². The lowest BCUT2D eigenvalue weighted by atomic mass is 9.73. The van der Waals surface area contributed by atoms with Crippen molar-refractivity contribution in [3.8, 4) is 11.5 Å². The van der Waals surface area contributed by atoms with Crippen LogP contribution in [-0.4, -0.2) is 83.2 Å². The predicted molar refractivity (Wildman–Crippen MR) is 154 cm³/mol. The van der Waals surface area contributed by atoms with Gasteiger partial charge in [-0.3, -0.25) is 19.2 Å². The van der Waals surface area contributed by atoms with Gasteiger partial charge in [0.15, 0.2) is 17.2 Å². The molecule has 4 bridgehead atoms. The molecule has 226 valence electrons. The Labute approximate surface area is 248 Å². The number of para-hydroxylation sites is 1. The van der Waals surface area contributed by atoms with Gasteiger partial charge in [0.1, 0.15) is 5.76 Å². The van der Waals surface area contributed by atoms with E-state index in [-0.39, 0.29) is 41.3 Å². The maximum Gasteiger partial charge on any atom is 0.276 e. The number of nitrogens with zero attached hydrogens (tertiary/aromatic N) is 4. The highest BCUT2D eigenvalue weighted by Gasteiger charge is 2.53. The molecular formula is C31H35N5O7. The molecule has 12 heteroatoms. The van der Waals surface area contributed by atoms with E-state index in [9.17, 15) is 19.2 Å². The first-order valence-corrected chi connectivity index (χ1v) is 14.6. The number of rotatable bonds is 2. The molecule has 0 unspecified atom stereocenters. The number of fused-ring (bicyclic) bond motifs is 11. The SMILES string of the molecule is Cc1cc(C(=O)N2C[C@H]3c4cccc5c4OC[C@@]3(CNC(=O)CCCN(C(=O)c3ccc(=O)n(C)c3)CCCO5)C2)no1. The second kappa shape index (κ2) is 11.6. The van der Waals surface area contributed by atoms with Gasteiger partial charge in [0.05, 0.1) is 18.8 Å². The number of nitrogens with one attached hydrogen (secondary N) is 1. The summed E-state index contributed by atoms with van der Waals surface area (Å²) in [4.78, 5) is 55.1. The highest BCUT2D eigenvalue weighted by atomic mass is 16.5. The Morgan fingerprint density at radius 1 is 1.05 bits per heavy atom. The molecule has 1 N–H and O–H groups in total. The zero-order valence-corrected chi connectivity index (χ0v) is 24.3. The Morgan fingerprint density at radius 3 is 2.67 bits per heavy atom. The lowest BCUT2D eigenvalue weighted by Gasteiger charge is -2.39. The van der Waals surface area contributed by atoms with Gasteiger partial charge in [-0.1, -0.05) is 17.3 Å². The molecule has 4 aliphatic heterocycles. The summed E-state index contributed by atoms with van der Waals surface area (Å²) >= 11 is 0. The Balaban J connectivity index is 1.25. The molecule has 0 radical (unpaired) electrons. The minimum atomic E-state index is -0.544. The Morgan fingerprint density at radius 2 is 1.88 bits per heavy atom. The molecule has 1 aromatic carbocycles. The van der Waals surface area contributed by atoms with Crippen molar-refractivity contribution in [2.45, 2.75) is 32.1 Å². The number of aryl methyl sites for hydroxylation is 2. The van der Waals surface area contributed by atoms with Crippen molar-refractivity contribution in [1.82, 2.24) is 24.8 Å². The quantitative estimate of drug-likeness (QED) is 0.480. The molecule has 3 aromatic rings. The molecular weight excluding hydrogens is 554 g/mol. The second-order valence-corrected chi connectivity index (χ2v) is 11.6. The number of benzene rings is 1. The summed E-state index contributed by atoms with van der Waals surface area (Å²) in [5, 5.41) is 7.02. The number of aromatic nitrogens is 2. The van der Waals surface area contributed by atoms with Gasteiger partial charge in [-0.15, -0.1) is 0 Å². The van der Waals surface area contributed by atoms with Crippen molar-refractivity contribution >= 4 is 17.7 Å². The van der Waals surface area contributed by atoms with E-state index >= 15 is 0 Å². The first kappa shape index (κ1) is 28.5. The summed E-state index contributed by atoms with van der Waals surface area (Å²) < 4.78 is 19.1. The lowest BCUT2D eigenvalue weighted by molar-refractivity contribution is -0.122. The third-order valence-corrected chi connectivity index (χ3v) is 8.59. The average Bonchev–Trinajstić information content (AvgIpc) is 3.62. The fourth-order valence-corrected chi connectivity index (χ4v) is 6.30. The molecule has 4 aliphatic rings. The lowest BCUT2D eigenvalue weighted by Crippen LogP contribution is -2.48. The van der Waals surface area contributed by atoms with Crippen molar-refractivity contribution < 1.29 is 28.4 Å². The molecule has 43 heavy (non-hydrogen) atoms. The molecule has 12 nitrogen and oxygen atoms in total. The molecule has 2 atom stereocenters. The summed E-state index contributed by atoms with van der Waals surface area (Å²) in [5.74, 6) is 1.17. The zero-order chi connectivity index (χ0) is 30.1. The molecule has 2 aromatic heterocycles. The molecule has 1 spiro atoms. The van der Waals surface area contributed by atoms with Crippen molar-refractivity contribution in [2.75, 3.05) is 45.9 Å². The summed E-state index contributed by atoms with van der Waals surface area (Å²) in [6.07, 6.45) is 2.79. The van der Waals surface area contributed by atoms with Gasteiger partial charge in [-0.05, 0) is 31.9 Å². The van der Waals surface area contributed by atoms with E-state index in [4.69, 9.17) is 14.0 Å². The average molecular weight is 590 g/mol. The van der Waals surface area contributed by atoms with Crippen LogP contribution in [0.25, 0.3) is 0 Å². The summed E-state index contributed by atoms with van der Waals surface area (Å²) in [7, 11) is 1.61. The predicted octanol–water partition coefficient (Wildman–Crippen LogP) is 2.12. The number of pyridine rings is 1. The monoisotopic (exact) mass is 589 g/mol. The van der Waals surface area contributed by atoms with Crippen LogP contribution in [0.5, 0.6) is 11.5 Å². The third-order valence-electron chi connectivity index (χ3n) is 8.59. The minimum absolute atomic E-state index is 0.0834. The fourth-order valence-electron chi connectivity index (χ4n) is 6.30. The summed E-state index contributed by atoms with van der Waals surface area (Å²) in [6, 6.07) is 10.3. The van der Waals surface area contributed by atoms with E-state index < -0.39 is 5.41 Å². The van der Waals surface area contributed by atoms with Gasteiger partial charge >= 0.3 is 0 Å². The largest absolute Gasteiger partial charge is 0.490 e. The maximum atomic E-state index is 13.4. The van der Waals surface area contributed by atoms with E-state index in [1.165, 1.54) is 22.9 Å². The highest BCUT2D eigenvalue weighted by Crippen LogP contribution is 2.52. The van der Waals surface area contributed by atoms with Gasteiger partial charge in [0.2, 0.25) is 11.5 Å². The van der Waals surface area contributed by atoms with Crippen LogP contribution < -0.4 is 20.3 Å². The first-order valence-electron chi connectivity index (χ1n) is 14.6. The van der Waals surface area contributed by atoms with Crippen LogP contribution in [0.15, 0.2) is 51.9 Å². The first-order chi connectivity index (χ1) is 20.7.